The quantitative estimate of drug-likeness (QED) is 0.803. The van der Waals surface area contributed by atoms with Gasteiger partial charge in [0.05, 0.1) is 17.3 Å². The van der Waals surface area contributed by atoms with E-state index in [2.05, 4.69) is 0 Å². The zero-order valence-corrected chi connectivity index (χ0v) is 11.7. The summed E-state index contributed by atoms with van der Waals surface area (Å²) in [6.07, 6.45) is 0. The van der Waals surface area contributed by atoms with Crippen LogP contribution in [0.2, 0.25) is 10.0 Å². The molecule has 0 spiro atoms. The molecule has 0 aromatic heterocycles. The fourth-order valence-corrected chi connectivity index (χ4v) is 2.19. The Hall–Kier alpha value is -1.30. The van der Waals surface area contributed by atoms with Crippen molar-refractivity contribution in [2.45, 2.75) is 0 Å². The van der Waals surface area contributed by atoms with E-state index in [9.17, 15) is 9.59 Å². The van der Waals surface area contributed by atoms with Gasteiger partial charge in [-0.2, -0.15) is 0 Å². The Morgan fingerprint density at radius 3 is 2.74 bits per heavy atom. The highest BCUT2D eigenvalue weighted by molar-refractivity contribution is 6.37. The van der Waals surface area contributed by atoms with Gasteiger partial charge in [-0.1, -0.05) is 23.2 Å². The Labute approximate surface area is 120 Å². The minimum Gasteiger partial charge on any atom is -0.383 e. The summed E-state index contributed by atoms with van der Waals surface area (Å²) in [6, 6.07) is 4.24. The first-order valence-corrected chi connectivity index (χ1v) is 6.36. The molecule has 1 aliphatic heterocycles. The Kier molecular flexibility index (Phi) is 4.29. The van der Waals surface area contributed by atoms with Crippen molar-refractivity contribution in [3.63, 3.8) is 0 Å². The summed E-state index contributed by atoms with van der Waals surface area (Å²) in [6.45, 7) is 0.747. The third-order valence-electron chi connectivity index (χ3n) is 2.75. The van der Waals surface area contributed by atoms with Gasteiger partial charge in [0, 0.05) is 18.7 Å². The van der Waals surface area contributed by atoms with Crippen LogP contribution in [0.1, 0.15) is 0 Å². The molecule has 0 N–H and O–H groups in total. The van der Waals surface area contributed by atoms with E-state index in [-0.39, 0.29) is 12.5 Å². The zero-order valence-electron chi connectivity index (χ0n) is 10.2. The average Bonchev–Trinajstić information content (AvgIpc) is 2.65. The van der Waals surface area contributed by atoms with Crippen molar-refractivity contribution in [2.75, 3.05) is 31.7 Å². The SMILES string of the molecule is COCCN1CC(=O)N(c2cc(Cl)ccc2Cl)C1=O. The molecule has 102 valence electrons. The number of halogens is 2. The number of benzene rings is 1. The molecule has 1 heterocycles. The van der Waals surface area contributed by atoms with Crippen molar-refractivity contribution < 1.29 is 14.3 Å². The highest BCUT2D eigenvalue weighted by Gasteiger charge is 2.37. The van der Waals surface area contributed by atoms with Gasteiger partial charge in [0.25, 0.3) is 5.91 Å². The predicted molar refractivity (Wildman–Crippen MR) is 72.8 cm³/mol. The fourth-order valence-electron chi connectivity index (χ4n) is 1.82. The van der Waals surface area contributed by atoms with Crippen LogP contribution in [0.3, 0.4) is 0 Å². The number of hydrogen-bond donors (Lipinski definition) is 0. The highest BCUT2D eigenvalue weighted by Crippen LogP contribution is 2.31. The Balaban J connectivity index is 2.27. The second-order valence-corrected chi connectivity index (χ2v) is 4.87. The molecule has 1 saturated heterocycles. The first-order chi connectivity index (χ1) is 9.04. The lowest BCUT2D eigenvalue weighted by Gasteiger charge is -2.17. The molecule has 1 aromatic rings. The smallest absolute Gasteiger partial charge is 0.332 e. The highest BCUT2D eigenvalue weighted by atomic mass is 35.5. The van der Waals surface area contributed by atoms with E-state index in [1.54, 1.807) is 12.1 Å². The largest absolute Gasteiger partial charge is 0.383 e. The lowest BCUT2D eigenvalue weighted by Crippen LogP contribution is -2.34. The number of nitrogens with zero attached hydrogens (tertiary/aromatic N) is 2. The number of amides is 3. The molecule has 7 heteroatoms. The summed E-state index contributed by atoms with van der Waals surface area (Å²) in [5, 5.41) is 0.718. The second-order valence-electron chi connectivity index (χ2n) is 4.02. The molecule has 0 aliphatic carbocycles. The number of imide groups is 1. The molecular formula is C12H12Cl2N2O3. The summed E-state index contributed by atoms with van der Waals surface area (Å²) >= 11 is 11.9. The van der Waals surface area contributed by atoms with Crippen molar-refractivity contribution >= 4 is 40.8 Å². The van der Waals surface area contributed by atoms with Crippen molar-refractivity contribution in [3.05, 3.63) is 28.2 Å². The number of carbonyl (C=O) groups excluding carboxylic acids is 2. The molecule has 1 aromatic carbocycles. The summed E-state index contributed by atoms with van der Waals surface area (Å²) in [7, 11) is 1.54. The molecular weight excluding hydrogens is 291 g/mol. The van der Waals surface area contributed by atoms with Crippen LogP contribution in [0.4, 0.5) is 10.5 Å². The lowest BCUT2D eigenvalue weighted by atomic mass is 10.3. The van der Waals surface area contributed by atoms with Gasteiger partial charge in [-0.05, 0) is 18.2 Å². The molecule has 1 aliphatic rings. The summed E-state index contributed by atoms with van der Waals surface area (Å²) < 4.78 is 4.90. The molecule has 5 nitrogen and oxygen atoms in total. The van der Waals surface area contributed by atoms with Crippen LogP contribution in [0.25, 0.3) is 0 Å². The molecule has 3 amide bonds. The number of anilines is 1. The van der Waals surface area contributed by atoms with E-state index in [0.717, 1.165) is 4.90 Å². The number of hydrogen-bond acceptors (Lipinski definition) is 3. The Bertz CT molecular complexity index is 522. The second kappa shape index (κ2) is 5.77. The van der Waals surface area contributed by atoms with Gasteiger partial charge >= 0.3 is 6.03 Å². The summed E-state index contributed by atoms with van der Waals surface area (Å²) in [4.78, 5) is 26.6. The minimum atomic E-state index is -0.411. The van der Waals surface area contributed by atoms with E-state index < -0.39 is 6.03 Å². The molecule has 0 saturated carbocycles. The molecule has 0 atom stereocenters. The van der Waals surface area contributed by atoms with Crippen LogP contribution in [0.15, 0.2) is 18.2 Å². The number of ether oxygens (including phenoxy) is 1. The van der Waals surface area contributed by atoms with Gasteiger partial charge in [0.2, 0.25) is 0 Å². The molecule has 0 radical (unpaired) electrons. The maximum absolute atomic E-state index is 12.2. The maximum Gasteiger partial charge on any atom is 0.332 e. The zero-order chi connectivity index (χ0) is 14.0. The van der Waals surface area contributed by atoms with Crippen LogP contribution < -0.4 is 4.90 Å². The number of carbonyl (C=O) groups is 2. The monoisotopic (exact) mass is 302 g/mol. The first kappa shape index (κ1) is 14.1. The van der Waals surface area contributed by atoms with Gasteiger partial charge in [-0.15, -0.1) is 0 Å². The predicted octanol–water partition coefficient (Wildman–Crippen LogP) is 2.41. The Morgan fingerprint density at radius 1 is 1.32 bits per heavy atom. The third-order valence-corrected chi connectivity index (χ3v) is 3.31. The number of methoxy groups -OCH3 is 1. The van der Waals surface area contributed by atoms with Crippen LogP contribution in [0, 0.1) is 0 Å². The molecule has 0 unspecified atom stereocenters. The maximum atomic E-state index is 12.2. The van der Waals surface area contributed by atoms with E-state index in [4.69, 9.17) is 27.9 Å². The summed E-state index contributed by atoms with van der Waals surface area (Å²) in [5.41, 5.74) is 0.309. The van der Waals surface area contributed by atoms with Crippen molar-refractivity contribution in [1.29, 1.82) is 0 Å². The third kappa shape index (κ3) is 2.83. The molecule has 19 heavy (non-hydrogen) atoms. The number of rotatable bonds is 4. The van der Waals surface area contributed by atoms with E-state index in [1.807, 2.05) is 0 Å². The van der Waals surface area contributed by atoms with E-state index >= 15 is 0 Å². The van der Waals surface area contributed by atoms with Gasteiger partial charge in [0.1, 0.15) is 6.54 Å². The van der Waals surface area contributed by atoms with E-state index in [0.29, 0.717) is 28.9 Å². The molecule has 1 fully saturated rings. The molecule has 2 rings (SSSR count). The van der Waals surface area contributed by atoms with E-state index in [1.165, 1.54) is 18.1 Å². The minimum absolute atomic E-state index is 0.0189. The average molecular weight is 303 g/mol. The molecule has 0 bridgehead atoms. The van der Waals surface area contributed by atoms with Crippen molar-refractivity contribution in [3.8, 4) is 0 Å². The summed E-state index contributed by atoms with van der Waals surface area (Å²) in [5.74, 6) is -0.328. The topological polar surface area (TPSA) is 49.9 Å². The van der Waals surface area contributed by atoms with Crippen molar-refractivity contribution in [2.24, 2.45) is 0 Å². The van der Waals surface area contributed by atoms with Crippen LogP contribution in [-0.4, -0.2) is 43.6 Å². The number of urea groups is 1. The van der Waals surface area contributed by atoms with Crippen LogP contribution in [-0.2, 0) is 9.53 Å². The lowest BCUT2D eigenvalue weighted by molar-refractivity contribution is -0.116. The van der Waals surface area contributed by atoms with Crippen LogP contribution >= 0.6 is 23.2 Å². The first-order valence-electron chi connectivity index (χ1n) is 5.60. The fraction of sp³-hybridized carbons (Fsp3) is 0.333. The van der Waals surface area contributed by atoms with Gasteiger partial charge in [-0.25, -0.2) is 9.69 Å². The van der Waals surface area contributed by atoms with Crippen LogP contribution in [0.5, 0.6) is 0 Å². The van der Waals surface area contributed by atoms with Gasteiger partial charge in [0.15, 0.2) is 0 Å². The normalized spacial score (nSPS) is 15.5. The Morgan fingerprint density at radius 2 is 2.05 bits per heavy atom. The standard InChI is InChI=1S/C12H12Cl2N2O3/c1-19-5-4-15-7-11(17)16(12(15)18)10-6-8(13)2-3-9(10)14/h2-3,6H,4-5,7H2,1H3. The van der Waals surface area contributed by atoms with Gasteiger partial charge in [-0.3, -0.25) is 4.79 Å². The van der Waals surface area contributed by atoms with Crippen molar-refractivity contribution in [1.82, 2.24) is 4.90 Å². The van der Waals surface area contributed by atoms with Gasteiger partial charge < -0.3 is 9.64 Å².